The second-order valence-corrected chi connectivity index (χ2v) is 7.51. The molecule has 0 aliphatic carbocycles. The first-order chi connectivity index (χ1) is 15.2. The number of rotatable bonds is 9. The molecule has 1 aliphatic rings. The number of hydrogen-bond acceptors (Lipinski definition) is 6. The van der Waals surface area contributed by atoms with Gasteiger partial charge in [-0.3, -0.25) is 4.79 Å². The Hall–Kier alpha value is -3.35. The molecule has 2 heterocycles. The molecule has 1 aliphatic heterocycles. The van der Waals surface area contributed by atoms with Crippen LogP contribution >= 0.6 is 0 Å². The van der Waals surface area contributed by atoms with Crippen molar-refractivity contribution in [2.24, 2.45) is 0 Å². The van der Waals surface area contributed by atoms with Gasteiger partial charge in [-0.05, 0) is 61.9 Å². The van der Waals surface area contributed by atoms with Crippen LogP contribution in [0.2, 0.25) is 0 Å². The van der Waals surface area contributed by atoms with Crippen LogP contribution in [-0.4, -0.2) is 35.8 Å². The fraction of sp³-hybridized carbons (Fsp3) is 0.375. The number of carbonyl (C=O) groups excluding carboxylic acids is 1. The van der Waals surface area contributed by atoms with Crippen LogP contribution in [0.25, 0.3) is 11.4 Å². The van der Waals surface area contributed by atoms with Gasteiger partial charge < -0.3 is 18.9 Å². The number of unbranched alkanes of at least 4 members (excludes halogenated alkanes) is 1. The van der Waals surface area contributed by atoms with E-state index >= 15 is 0 Å². The van der Waals surface area contributed by atoms with Gasteiger partial charge in [0.05, 0.1) is 19.1 Å². The molecule has 1 saturated heterocycles. The monoisotopic (exact) mass is 421 g/mol. The minimum atomic E-state index is -0.128. The predicted octanol–water partition coefficient (Wildman–Crippen LogP) is 4.83. The van der Waals surface area contributed by atoms with Crippen LogP contribution in [0.15, 0.2) is 53.1 Å². The number of anilines is 1. The molecule has 0 N–H and O–H groups in total. The summed E-state index contributed by atoms with van der Waals surface area (Å²) in [5, 5.41) is 4.12. The van der Waals surface area contributed by atoms with Crippen molar-refractivity contribution < 1.29 is 18.8 Å². The lowest BCUT2D eigenvalue weighted by Crippen LogP contribution is -2.24. The molecule has 0 spiro atoms. The summed E-state index contributed by atoms with van der Waals surface area (Å²) in [6, 6.07) is 15.2. The molecule has 0 bridgehead atoms. The van der Waals surface area contributed by atoms with Crippen molar-refractivity contribution in [1.82, 2.24) is 10.1 Å². The maximum atomic E-state index is 12.6. The van der Waals surface area contributed by atoms with Gasteiger partial charge in [0.15, 0.2) is 0 Å². The molecule has 1 amide bonds. The Morgan fingerprint density at radius 2 is 1.74 bits per heavy atom. The molecule has 162 valence electrons. The number of nitrogens with zero attached hydrogens (tertiary/aromatic N) is 3. The average Bonchev–Trinajstić information content (AvgIpc) is 3.42. The Balaban J connectivity index is 1.41. The molecular formula is C24H27N3O4. The summed E-state index contributed by atoms with van der Waals surface area (Å²) in [5.74, 6) is 2.53. The van der Waals surface area contributed by atoms with E-state index in [0.717, 1.165) is 35.6 Å². The van der Waals surface area contributed by atoms with Crippen molar-refractivity contribution in [1.29, 1.82) is 0 Å². The molecule has 31 heavy (non-hydrogen) atoms. The van der Waals surface area contributed by atoms with Gasteiger partial charge in [-0.1, -0.05) is 18.5 Å². The van der Waals surface area contributed by atoms with Gasteiger partial charge in [-0.15, -0.1) is 0 Å². The number of benzene rings is 2. The van der Waals surface area contributed by atoms with E-state index in [0.29, 0.717) is 37.9 Å². The second kappa shape index (κ2) is 9.64. The normalized spacial score (nSPS) is 16.0. The highest BCUT2D eigenvalue weighted by Crippen LogP contribution is 2.33. The van der Waals surface area contributed by atoms with E-state index < -0.39 is 0 Å². The summed E-state index contributed by atoms with van der Waals surface area (Å²) >= 11 is 0. The van der Waals surface area contributed by atoms with E-state index in [1.807, 2.05) is 55.5 Å². The maximum Gasteiger partial charge on any atom is 0.232 e. The number of carbonyl (C=O) groups is 1. The van der Waals surface area contributed by atoms with E-state index in [1.165, 1.54) is 0 Å². The number of hydrogen-bond donors (Lipinski definition) is 0. The first-order valence-corrected chi connectivity index (χ1v) is 10.8. The Morgan fingerprint density at radius 3 is 2.45 bits per heavy atom. The first-order valence-electron chi connectivity index (χ1n) is 10.8. The molecule has 1 aromatic heterocycles. The number of aromatic nitrogens is 2. The standard InChI is InChI=1S/C24H27N3O4/c1-3-5-14-30-21-10-6-17(7-11-21)23-25-24(31-26-23)18-15-22(28)27(16-18)19-8-12-20(13-9-19)29-4-2/h6-13,18H,3-5,14-16H2,1-2H3. The molecular weight excluding hydrogens is 394 g/mol. The van der Waals surface area contributed by atoms with Crippen molar-refractivity contribution in [3.63, 3.8) is 0 Å². The highest BCUT2D eigenvalue weighted by atomic mass is 16.5. The second-order valence-electron chi connectivity index (χ2n) is 7.51. The van der Waals surface area contributed by atoms with E-state index in [2.05, 4.69) is 17.1 Å². The fourth-order valence-electron chi connectivity index (χ4n) is 3.56. The summed E-state index contributed by atoms with van der Waals surface area (Å²) in [4.78, 5) is 18.9. The van der Waals surface area contributed by atoms with Crippen LogP contribution in [0, 0.1) is 0 Å². The van der Waals surface area contributed by atoms with Gasteiger partial charge >= 0.3 is 0 Å². The topological polar surface area (TPSA) is 77.7 Å². The highest BCUT2D eigenvalue weighted by molar-refractivity contribution is 5.96. The van der Waals surface area contributed by atoms with Crippen molar-refractivity contribution in [3.8, 4) is 22.9 Å². The lowest BCUT2D eigenvalue weighted by atomic mass is 10.1. The molecule has 7 heteroatoms. The van der Waals surface area contributed by atoms with Gasteiger partial charge in [0.25, 0.3) is 0 Å². The van der Waals surface area contributed by atoms with Gasteiger partial charge in [0.1, 0.15) is 11.5 Å². The third kappa shape index (κ3) is 4.87. The summed E-state index contributed by atoms with van der Waals surface area (Å²) in [6.45, 7) is 5.91. The molecule has 0 radical (unpaired) electrons. The Labute approximate surface area is 182 Å². The quantitative estimate of drug-likeness (QED) is 0.460. The third-order valence-electron chi connectivity index (χ3n) is 5.25. The largest absolute Gasteiger partial charge is 0.494 e. The summed E-state index contributed by atoms with van der Waals surface area (Å²) in [6.07, 6.45) is 2.48. The van der Waals surface area contributed by atoms with Crippen LogP contribution in [0.4, 0.5) is 5.69 Å². The van der Waals surface area contributed by atoms with Crippen molar-refractivity contribution in [2.45, 2.75) is 39.0 Å². The maximum absolute atomic E-state index is 12.6. The van der Waals surface area contributed by atoms with Crippen molar-refractivity contribution in [2.75, 3.05) is 24.7 Å². The van der Waals surface area contributed by atoms with E-state index in [9.17, 15) is 4.79 Å². The van der Waals surface area contributed by atoms with Crippen molar-refractivity contribution in [3.05, 3.63) is 54.4 Å². The van der Waals surface area contributed by atoms with E-state index in [4.69, 9.17) is 14.0 Å². The van der Waals surface area contributed by atoms with Gasteiger partial charge in [-0.2, -0.15) is 4.98 Å². The van der Waals surface area contributed by atoms with Gasteiger partial charge in [0, 0.05) is 24.2 Å². The highest BCUT2D eigenvalue weighted by Gasteiger charge is 2.35. The third-order valence-corrected chi connectivity index (χ3v) is 5.25. The van der Waals surface area contributed by atoms with Gasteiger partial charge in [-0.25, -0.2) is 0 Å². The predicted molar refractivity (Wildman–Crippen MR) is 117 cm³/mol. The van der Waals surface area contributed by atoms with E-state index in [1.54, 1.807) is 4.90 Å². The zero-order chi connectivity index (χ0) is 21.6. The van der Waals surface area contributed by atoms with E-state index in [-0.39, 0.29) is 11.8 Å². The molecule has 4 rings (SSSR count). The molecule has 1 unspecified atom stereocenters. The Kier molecular flexibility index (Phi) is 6.50. The fourth-order valence-corrected chi connectivity index (χ4v) is 3.56. The number of ether oxygens (including phenoxy) is 2. The Bertz CT molecular complexity index is 998. The minimum absolute atomic E-state index is 0.0440. The zero-order valence-electron chi connectivity index (χ0n) is 17.9. The first kappa shape index (κ1) is 20.9. The SMILES string of the molecule is CCCCOc1ccc(-c2noc(C3CC(=O)N(c4ccc(OCC)cc4)C3)n2)cc1. The molecule has 1 fully saturated rings. The van der Waals surface area contributed by atoms with Crippen LogP contribution in [-0.2, 0) is 4.79 Å². The molecule has 2 aromatic carbocycles. The summed E-state index contributed by atoms with van der Waals surface area (Å²) in [5.41, 5.74) is 1.69. The van der Waals surface area contributed by atoms with Crippen molar-refractivity contribution >= 4 is 11.6 Å². The lowest BCUT2D eigenvalue weighted by molar-refractivity contribution is -0.117. The minimum Gasteiger partial charge on any atom is -0.494 e. The van der Waals surface area contributed by atoms with Crippen LogP contribution in [0.5, 0.6) is 11.5 Å². The summed E-state index contributed by atoms with van der Waals surface area (Å²) in [7, 11) is 0. The number of amides is 1. The zero-order valence-corrected chi connectivity index (χ0v) is 17.9. The molecule has 3 aromatic rings. The lowest BCUT2D eigenvalue weighted by Gasteiger charge is -2.16. The molecule has 0 saturated carbocycles. The van der Waals surface area contributed by atoms with Gasteiger partial charge in [0.2, 0.25) is 17.6 Å². The van der Waals surface area contributed by atoms with Crippen LogP contribution < -0.4 is 14.4 Å². The molecule has 7 nitrogen and oxygen atoms in total. The Morgan fingerprint density at radius 1 is 1.03 bits per heavy atom. The van der Waals surface area contributed by atoms with Crippen LogP contribution in [0.1, 0.15) is 44.9 Å². The van der Waals surface area contributed by atoms with Crippen LogP contribution in [0.3, 0.4) is 0 Å². The summed E-state index contributed by atoms with van der Waals surface area (Å²) < 4.78 is 16.7. The molecule has 1 atom stereocenters. The average molecular weight is 421 g/mol. The smallest absolute Gasteiger partial charge is 0.232 e.